The molecule has 1 unspecified atom stereocenters. The molecule has 118 valence electrons. The number of ether oxygens (including phenoxy) is 2. The van der Waals surface area contributed by atoms with Gasteiger partial charge >= 0.3 is 5.97 Å². The van der Waals surface area contributed by atoms with E-state index in [1.807, 2.05) is 4.72 Å². The van der Waals surface area contributed by atoms with Crippen molar-refractivity contribution in [1.29, 1.82) is 0 Å². The highest BCUT2D eigenvalue weighted by Crippen LogP contribution is 2.15. The highest BCUT2D eigenvalue weighted by molar-refractivity contribution is 7.89. The largest absolute Gasteiger partial charge is 0.491 e. The van der Waals surface area contributed by atoms with E-state index in [0.717, 1.165) is 0 Å². The van der Waals surface area contributed by atoms with Gasteiger partial charge in [-0.1, -0.05) is 0 Å². The lowest BCUT2D eigenvalue weighted by molar-refractivity contribution is -0.146. The van der Waals surface area contributed by atoms with Crippen LogP contribution in [0.2, 0.25) is 0 Å². The SMILES string of the molecule is COCCOc1ccc(S(=O)(=O)NCC(O)C(=O)O)cc1. The molecule has 1 aromatic carbocycles. The Labute approximate surface area is 122 Å². The van der Waals surface area contributed by atoms with Gasteiger partial charge in [-0.15, -0.1) is 0 Å². The molecule has 0 radical (unpaired) electrons. The van der Waals surface area contributed by atoms with Crippen LogP contribution in [-0.2, 0) is 19.6 Å². The smallest absolute Gasteiger partial charge is 0.333 e. The fourth-order valence-electron chi connectivity index (χ4n) is 1.32. The number of aliphatic hydroxyl groups is 1. The van der Waals surface area contributed by atoms with Gasteiger partial charge in [0, 0.05) is 13.7 Å². The minimum atomic E-state index is -3.88. The summed E-state index contributed by atoms with van der Waals surface area (Å²) in [6.07, 6.45) is -1.79. The molecule has 21 heavy (non-hydrogen) atoms. The molecule has 0 aromatic heterocycles. The summed E-state index contributed by atoms with van der Waals surface area (Å²) in [6, 6.07) is 5.57. The fraction of sp³-hybridized carbons (Fsp3) is 0.417. The van der Waals surface area contributed by atoms with Crippen LogP contribution in [0.5, 0.6) is 5.75 Å². The van der Waals surface area contributed by atoms with E-state index >= 15 is 0 Å². The van der Waals surface area contributed by atoms with E-state index in [0.29, 0.717) is 19.0 Å². The first-order valence-corrected chi connectivity index (χ1v) is 7.47. The van der Waals surface area contributed by atoms with Crippen LogP contribution in [0.1, 0.15) is 0 Å². The number of aliphatic carboxylic acids is 1. The van der Waals surface area contributed by atoms with Gasteiger partial charge in [0.1, 0.15) is 12.4 Å². The summed E-state index contributed by atoms with van der Waals surface area (Å²) in [4.78, 5) is 10.4. The Kier molecular flexibility index (Phi) is 6.56. The van der Waals surface area contributed by atoms with Gasteiger partial charge in [0.15, 0.2) is 6.10 Å². The minimum Gasteiger partial charge on any atom is -0.491 e. The molecule has 0 amide bonds. The normalized spacial score (nSPS) is 12.9. The quantitative estimate of drug-likeness (QED) is 0.521. The van der Waals surface area contributed by atoms with Crippen LogP contribution in [0, 0.1) is 0 Å². The van der Waals surface area contributed by atoms with Crippen LogP contribution in [0.4, 0.5) is 0 Å². The summed E-state index contributed by atoms with van der Waals surface area (Å²) >= 11 is 0. The second-order valence-electron chi connectivity index (χ2n) is 4.02. The molecule has 0 saturated heterocycles. The number of sulfonamides is 1. The Bertz CT molecular complexity index is 555. The van der Waals surface area contributed by atoms with Crippen molar-refractivity contribution < 1.29 is 32.9 Å². The maximum absolute atomic E-state index is 11.9. The zero-order valence-electron chi connectivity index (χ0n) is 11.4. The summed E-state index contributed by atoms with van der Waals surface area (Å²) < 4.78 is 35.8. The van der Waals surface area contributed by atoms with Crippen LogP contribution < -0.4 is 9.46 Å². The van der Waals surface area contributed by atoms with Gasteiger partial charge in [-0.2, -0.15) is 0 Å². The maximum atomic E-state index is 11.9. The van der Waals surface area contributed by atoms with E-state index in [1.165, 1.54) is 31.4 Å². The number of benzene rings is 1. The minimum absolute atomic E-state index is 0.0563. The van der Waals surface area contributed by atoms with Gasteiger partial charge in [0.05, 0.1) is 11.5 Å². The molecule has 0 bridgehead atoms. The van der Waals surface area contributed by atoms with E-state index in [2.05, 4.69) is 0 Å². The zero-order valence-corrected chi connectivity index (χ0v) is 12.2. The van der Waals surface area contributed by atoms with Crippen molar-refractivity contribution in [1.82, 2.24) is 4.72 Å². The molecule has 9 heteroatoms. The van der Waals surface area contributed by atoms with Gasteiger partial charge in [-0.3, -0.25) is 0 Å². The Morgan fingerprint density at radius 2 is 1.90 bits per heavy atom. The third kappa shape index (κ3) is 5.68. The van der Waals surface area contributed by atoms with Gasteiger partial charge in [-0.05, 0) is 24.3 Å². The second kappa shape index (κ2) is 7.93. The Balaban J connectivity index is 2.64. The first kappa shape index (κ1) is 17.4. The number of carbonyl (C=O) groups is 1. The molecule has 1 rings (SSSR count). The van der Waals surface area contributed by atoms with Gasteiger partial charge in [0.2, 0.25) is 10.0 Å². The van der Waals surface area contributed by atoms with Crippen molar-refractivity contribution >= 4 is 16.0 Å². The molecule has 0 aliphatic carbocycles. The second-order valence-corrected chi connectivity index (χ2v) is 5.79. The molecule has 0 fully saturated rings. The third-order valence-electron chi connectivity index (χ3n) is 2.44. The first-order valence-electron chi connectivity index (χ1n) is 5.99. The predicted molar refractivity (Wildman–Crippen MR) is 72.6 cm³/mol. The van der Waals surface area contributed by atoms with Crippen LogP contribution in [-0.4, -0.2) is 57.6 Å². The third-order valence-corrected chi connectivity index (χ3v) is 3.88. The summed E-state index contributed by atoms with van der Waals surface area (Å²) in [5.74, 6) is -1.02. The van der Waals surface area contributed by atoms with Gasteiger partial charge < -0.3 is 19.7 Å². The standard InChI is InChI=1S/C12H17NO7S/c1-19-6-7-20-9-2-4-10(5-3-9)21(17,18)13-8-11(14)12(15)16/h2-5,11,13-14H,6-8H2,1H3,(H,15,16). The molecular formula is C12H17NO7S. The monoisotopic (exact) mass is 319 g/mol. The number of methoxy groups -OCH3 is 1. The molecule has 8 nitrogen and oxygen atoms in total. The fourth-order valence-corrected chi connectivity index (χ4v) is 2.36. The van der Waals surface area contributed by atoms with Gasteiger partial charge in [-0.25, -0.2) is 17.9 Å². The van der Waals surface area contributed by atoms with Gasteiger partial charge in [0.25, 0.3) is 0 Å². The van der Waals surface area contributed by atoms with Crippen molar-refractivity contribution in [3.63, 3.8) is 0 Å². The Morgan fingerprint density at radius 3 is 2.43 bits per heavy atom. The molecule has 0 aliphatic rings. The van der Waals surface area contributed by atoms with Crippen LogP contribution in [0.3, 0.4) is 0 Å². The molecule has 0 spiro atoms. The van der Waals surface area contributed by atoms with E-state index in [4.69, 9.17) is 19.7 Å². The van der Waals surface area contributed by atoms with E-state index in [1.54, 1.807) is 0 Å². The first-order chi connectivity index (χ1) is 9.86. The highest BCUT2D eigenvalue weighted by atomic mass is 32.2. The number of aliphatic hydroxyl groups excluding tert-OH is 1. The van der Waals surface area contributed by atoms with Crippen molar-refractivity contribution in [3.05, 3.63) is 24.3 Å². The van der Waals surface area contributed by atoms with Crippen molar-refractivity contribution in [2.75, 3.05) is 26.9 Å². The zero-order chi connectivity index (χ0) is 15.9. The van der Waals surface area contributed by atoms with E-state index < -0.39 is 28.6 Å². The Morgan fingerprint density at radius 1 is 1.29 bits per heavy atom. The van der Waals surface area contributed by atoms with Crippen LogP contribution in [0.15, 0.2) is 29.2 Å². The van der Waals surface area contributed by atoms with E-state index in [-0.39, 0.29) is 4.90 Å². The lowest BCUT2D eigenvalue weighted by Crippen LogP contribution is -2.36. The number of hydrogen-bond acceptors (Lipinski definition) is 6. The lowest BCUT2D eigenvalue weighted by atomic mass is 10.3. The molecule has 1 atom stereocenters. The average Bonchev–Trinajstić information content (AvgIpc) is 2.45. The Hall–Kier alpha value is -1.68. The topological polar surface area (TPSA) is 122 Å². The molecule has 0 aliphatic heterocycles. The average molecular weight is 319 g/mol. The number of hydrogen-bond donors (Lipinski definition) is 3. The molecule has 1 aromatic rings. The van der Waals surface area contributed by atoms with E-state index in [9.17, 15) is 13.2 Å². The molecule has 3 N–H and O–H groups in total. The van der Waals surface area contributed by atoms with Crippen molar-refractivity contribution in [2.24, 2.45) is 0 Å². The number of rotatable bonds is 9. The summed E-state index contributed by atoms with van der Waals surface area (Å²) in [5, 5.41) is 17.5. The molecule has 0 heterocycles. The molecule has 0 saturated carbocycles. The number of carboxylic acid groups (broad SMARTS) is 1. The number of carboxylic acids is 1. The number of nitrogens with one attached hydrogen (secondary N) is 1. The summed E-state index contributed by atoms with van der Waals surface area (Å²) in [6.45, 7) is 0.143. The maximum Gasteiger partial charge on any atom is 0.333 e. The summed E-state index contributed by atoms with van der Waals surface area (Å²) in [5.41, 5.74) is 0. The lowest BCUT2D eigenvalue weighted by Gasteiger charge is -2.10. The van der Waals surface area contributed by atoms with Crippen LogP contribution >= 0.6 is 0 Å². The predicted octanol–water partition coefficient (Wildman–Crippen LogP) is -0.564. The van der Waals surface area contributed by atoms with Crippen LogP contribution in [0.25, 0.3) is 0 Å². The highest BCUT2D eigenvalue weighted by Gasteiger charge is 2.19. The molecular weight excluding hydrogens is 302 g/mol. The van der Waals surface area contributed by atoms with Crippen molar-refractivity contribution in [2.45, 2.75) is 11.0 Å². The van der Waals surface area contributed by atoms with Crippen molar-refractivity contribution in [3.8, 4) is 5.75 Å². The summed E-state index contributed by atoms with van der Waals surface area (Å²) in [7, 11) is -2.35.